The molecule has 8 nitrogen and oxygen atoms in total. The summed E-state index contributed by atoms with van der Waals surface area (Å²) in [5, 5.41) is 11.1. The number of benzene rings is 2. The monoisotopic (exact) mass is 433 g/mol. The van der Waals surface area contributed by atoms with Gasteiger partial charge in [0.2, 0.25) is 5.91 Å². The second-order valence-corrected chi connectivity index (χ2v) is 6.93. The molecule has 150 valence electrons. The molecule has 1 N–H and O–H groups in total. The number of ether oxygens (including phenoxy) is 2. The van der Waals surface area contributed by atoms with E-state index in [1.807, 2.05) is 12.1 Å². The van der Waals surface area contributed by atoms with E-state index in [-0.39, 0.29) is 27.5 Å². The Morgan fingerprint density at radius 1 is 1.17 bits per heavy atom. The molecular weight excluding hydrogens is 418 g/mol. The highest BCUT2D eigenvalue weighted by Gasteiger charge is 2.16. The Bertz CT molecular complexity index is 1040. The molecule has 1 amide bonds. The van der Waals surface area contributed by atoms with E-state index in [4.69, 9.17) is 20.8 Å². The van der Waals surface area contributed by atoms with Crippen LogP contribution in [0.2, 0.25) is 5.02 Å². The number of methoxy groups -OCH3 is 2. The first-order valence-electron chi connectivity index (χ1n) is 8.29. The second kappa shape index (κ2) is 9.44. The number of halogens is 1. The number of amides is 1. The number of hydrogen-bond acceptors (Lipinski definition) is 8. The van der Waals surface area contributed by atoms with Gasteiger partial charge in [0.1, 0.15) is 5.75 Å². The number of para-hydroxylation sites is 1. The zero-order valence-corrected chi connectivity index (χ0v) is 17.0. The van der Waals surface area contributed by atoms with E-state index >= 15 is 0 Å². The Labute approximate surface area is 175 Å². The molecule has 1 heterocycles. The Balaban J connectivity index is 1.62. The minimum absolute atomic E-state index is 0.0315. The molecule has 3 rings (SSSR count). The Kier molecular flexibility index (Phi) is 6.73. The van der Waals surface area contributed by atoms with Crippen LogP contribution >= 0.6 is 23.4 Å². The number of anilines is 1. The molecule has 29 heavy (non-hydrogen) atoms. The molecule has 0 radical (unpaired) electrons. The molecule has 0 atom stereocenters. The predicted molar refractivity (Wildman–Crippen MR) is 108 cm³/mol. The molecule has 0 fully saturated rings. The van der Waals surface area contributed by atoms with Gasteiger partial charge in [-0.15, -0.1) is 10.2 Å². The van der Waals surface area contributed by atoms with Gasteiger partial charge in [0, 0.05) is 5.69 Å². The van der Waals surface area contributed by atoms with Gasteiger partial charge in [0.25, 0.3) is 11.1 Å². The lowest BCUT2D eigenvalue weighted by Gasteiger charge is -2.07. The highest BCUT2D eigenvalue weighted by atomic mass is 35.5. The topological polar surface area (TPSA) is 104 Å². The maximum absolute atomic E-state index is 12.2. The molecule has 1 aromatic heterocycles. The highest BCUT2D eigenvalue weighted by molar-refractivity contribution is 7.99. The number of hydrogen-bond donors (Lipinski definition) is 1. The fourth-order valence-corrected chi connectivity index (χ4v) is 3.15. The molecule has 0 saturated carbocycles. The zero-order valence-electron chi connectivity index (χ0n) is 15.5. The van der Waals surface area contributed by atoms with Crippen molar-refractivity contribution in [3.8, 4) is 17.2 Å². The van der Waals surface area contributed by atoms with E-state index in [2.05, 4.69) is 20.3 Å². The van der Waals surface area contributed by atoms with Gasteiger partial charge in [-0.25, -0.2) is 4.79 Å². The van der Waals surface area contributed by atoms with Crippen LogP contribution in [0.5, 0.6) is 5.75 Å². The van der Waals surface area contributed by atoms with Crippen molar-refractivity contribution in [2.45, 2.75) is 5.22 Å². The van der Waals surface area contributed by atoms with Crippen molar-refractivity contribution in [3.05, 3.63) is 53.1 Å². The van der Waals surface area contributed by atoms with Crippen molar-refractivity contribution in [1.82, 2.24) is 10.2 Å². The smallest absolute Gasteiger partial charge is 0.339 e. The summed E-state index contributed by atoms with van der Waals surface area (Å²) in [5.74, 6) is 0.0322. The fourth-order valence-electron chi connectivity index (χ4n) is 2.39. The number of thioether (sulfide) groups is 1. The summed E-state index contributed by atoms with van der Waals surface area (Å²) in [4.78, 5) is 23.9. The van der Waals surface area contributed by atoms with Crippen molar-refractivity contribution in [2.24, 2.45) is 0 Å². The summed E-state index contributed by atoms with van der Waals surface area (Å²) in [7, 11) is 2.81. The summed E-state index contributed by atoms with van der Waals surface area (Å²) >= 11 is 7.05. The first-order valence-corrected chi connectivity index (χ1v) is 9.65. The SMILES string of the molecule is COC(=O)c1cc(NC(=O)CSc2nnc(-c3ccccc3OC)o2)ccc1Cl. The normalized spacial score (nSPS) is 10.4. The third kappa shape index (κ3) is 5.07. The van der Waals surface area contributed by atoms with E-state index in [1.165, 1.54) is 19.2 Å². The minimum Gasteiger partial charge on any atom is -0.496 e. The molecule has 0 saturated heterocycles. The summed E-state index contributed by atoms with van der Waals surface area (Å²) in [5.41, 5.74) is 1.24. The Hall–Kier alpha value is -3.04. The van der Waals surface area contributed by atoms with Gasteiger partial charge in [-0.05, 0) is 30.3 Å². The minimum atomic E-state index is -0.588. The summed E-state index contributed by atoms with van der Waals surface area (Å²) in [6.07, 6.45) is 0. The van der Waals surface area contributed by atoms with Gasteiger partial charge in [-0.1, -0.05) is 35.5 Å². The first kappa shape index (κ1) is 20.7. The lowest BCUT2D eigenvalue weighted by atomic mass is 10.2. The number of esters is 1. The maximum atomic E-state index is 12.2. The van der Waals surface area contributed by atoms with E-state index in [1.54, 1.807) is 25.3 Å². The van der Waals surface area contributed by atoms with Crippen LogP contribution in [-0.2, 0) is 9.53 Å². The lowest BCUT2D eigenvalue weighted by Crippen LogP contribution is -2.14. The molecule has 0 aliphatic carbocycles. The number of nitrogens with one attached hydrogen (secondary N) is 1. The van der Waals surface area contributed by atoms with Crippen LogP contribution in [-0.4, -0.2) is 42.0 Å². The van der Waals surface area contributed by atoms with Gasteiger partial charge >= 0.3 is 5.97 Å². The predicted octanol–water partition coefficient (Wildman–Crippen LogP) is 3.92. The van der Waals surface area contributed by atoms with Gasteiger partial charge in [-0.2, -0.15) is 0 Å². The number of rotatable bonds is 7. The van der Waals surface area contributed by atoms with Gasteiger partial charge in [0.05, 0.1) is 36.1 Å². The van der Waals surface area contributed by atoms with Gasteiger partial charge in [0.15, 0.2) is 0 Å². The number of nitrogens with zero attached hydrogens (tertiary/aromatic N) is 2. The van der Waals surface area contributed by atoms with Crippen LogP contribution in [0.4, 0.5) is 5.69 Å². The molecule has 3 aromatic rings. The average Bonchev–Trinajstić information content (AvgIpc) is 3.22. The van der Waals surface area contributed by atoms with E-state index in [9.17, 15) is 9.59 Å². The molecule has 0 bridgehead atoms. The third-order valence-corrected chi connectivity index (χ3v) is 4.87. The van der Waals surface area contributed by atoms with Gasteiger partial charge in [-0.3, -0.25) is 4.79 Å². The lowest BCUT2D eigenvalue weighted by molar-refractivity contribution is -0.113. The summed E-state index contributed by atoms with van der Waals surface area (Å²) < 4.78 is 15.5. The van der Waals surface area contributed by atoms with Crippen LogP contribution < -0.4 is 10.1 Å². The van der Waals surface area contributed by atoms with Crippen LogP contribution in [0.15, 0.2) is 52.1 Å². The van der Waals surface area contributed by atoms with Crippen LogP contribution in [0.1, 0.15) is 10.4 Å². The quantitative estimate of drug-likeness (QED) is 0.441. The van der Waals surface area contributed by atoms with E-state index in [0.29, 0.717) is 22.9 Å². The van der Waals surface area contributed by atoms with Crippen molar-refractivity contribution in [1.29, 1.82) is 0 Å². The van der Waals surface area contributed by atoms with E-state index in [0.717, 1.165) is 11.8 Å². The van der Waals surface area contributed by atoms with Crippen LogP contribution in [0.25, 0.3) is 11.5 Å². The largest absolute Gasteiger partial charge is 0.496 e. The van der Waals surface area contributed by atoms with Gasteiger partial charge < -0.3 is 19.2 Å². The Morgan fingerprint density at radius 3 is 2.72 bits per heavy atom. The van der Waals surface area contributed by atoms with Crippen molar-refractivity contribution in [2.75, 3.05) is 25.3 Å². The number of carbonyl (C=O) groups is 2. The zero-order chi connectivity index (χ0) is 20.8. The second-order valence-electron chi connectivity index (χ2n) is 5.60. The molecule has 2 aromatic carbocycles. The average molecular weight is 434 g/mol. The standard InChI is InChI=1S/C19H16ClN3O5S/c1-26-15-6-4-3-5-12(15)17-22-23-19(28-17)29-10-16(24)21-11-7-8-14(20)13(9-11)18(25)27-2/h3-9H,10H2,1-2H3,(H,21,24). The molecule has 0 spiro atoms. The van der Waals surface area contributed by atoms with Crippen LogP contribution in [0.3, 0.4) is 0 Å². The third-order valence-electron chi connectivity index (χ3n) is 3.73. The fraction of sp³-hybridized carbons (Fsp3) is 0.158. The van der Waals surface area contributed by atoms with Crippen LogP contribution in [0, 0.1) is 0 Å². The molecular formula is C19H16ClN3O5S. The number of aromatic nitrogens is 2. The van der Waals surface area contributed by atoms with E-state index < -0.39 is 5.97 Å². The van der Waals surface area contributed by atoms with Crippen molar-refractivity contribution < 1.29 is 23.5 Å². The molecule has 0 aliphatic heterocycles. The Morgan fingerprint density at radius 2 is 1.97 bits per heavy atom. The molecule has 0 aliphatic rings. The van der Waals surface area contributed by atoms with Crippen molar-refractivity contribution in [3.63, 3.8) is 0 Å². The molecule has 0 unspecified atom stereocenters. The molecule has 10 heteroatoms. The number of carbonyl (C=O) groups excluding carboxylic acids is 2. The first-order chi connectivity index (χ1) is 14.0. The highest BCUT2D eigenvalue weighted by Crippen LogP contribution is 2.30. The maximum Gasteiger partial charge on any atom is 0.339 e. The van der Waals surface area contributed by atoms with Crippen molar-refractivity contribution >= 4 is 40.9 Å². The summed E-state index contributed by atoms with van der Waals surface area (Å²) in [6.45, 7) is 0. The summed E-state index contributed by atoms with van der Waals surface area (Å²) in [6, 6.07) is 11.8.